The maximum atomic E-state index is 11.0. The standard InChI is InChI=1S/C12H13ClN2O5S/c1-7(16)14-10(12(17)18)6-21-5-8-9(13)3-2-4-11(8)15(19)20/h2-4,10H,5-6H2,1H3,(H,14,16)(H,17,18). The van der Waals surface area contributed by atoms with Gasteiger partial charge in [0.2, 0.25) is 5.91 Å². The number of carbonyl (C=O) groups excluding carboxylic acids is 1. The minimum absolute atomic E-state index is 0.0806. The maximum absolute atomic E-state index is 11.0. The van der Waals surface area contributed by atoms with Crippen LogP contribution < -0.4 is 5.32 Å². The second-order valence-electron chi connectivity index (χ2n) is 4.10. The number of nitrogens with one attached hydrogen (secondary N) is 1. The van der Waals surface area contributed by atoms with Gasteiger partial charge < -0.3 is 10.4 Å². The molecule has 0 aliphatic heterocycles. The molecule has 0 spiro atoms. The number of carboxylic acids is 1. The lowest BCUT2D eigenvalue weighted by atomic mass is 10.2. The Morgan fingerprint density at radius 1 is 1.52 bits per heavy atom. The summed E-state index contributed by atoms with van der Waals surface area (Å²) in [6.45, 7) is 1.22. The number of hydrogen-bond acceptors (Lipinski definition) is 5. The Balaban J connectivity index is 2.73. The number of rotatable bonds is 7. The molecule has 0 fully saturated rings. The van der Waals surface area contributed by atoms with E-state index in [-0.39, 0.29) is 22.2 Å². The fourth-order valence-electron chi connectivity index (χ4n) is 1.56. The molecule has 0 aliphatic carbocycles. The lowest BCUT2D eigenvalue weighted by Crippen LogP contribution is -2.41. The third kappa shape index (κ3) is 5.24. The molecule has 7 nitrogen and oxygen atoms in total. The van der Waals surface area contributed by atoms with Crippen LogP contribution in [-0.2, 0) is 15.3 Å². The van der Waals surface area contributed by atoms with Gasteiger partial charge in [-0.05, 0) is 6.07 Å². The first kappa shape index (κ1) is 17.3. The molecule has 0 bridgehead atoms. The predicted molar refractivity (Wildman–Crippen MR) is 79.5 cm³/mol. The first-order valence-corrected chi connectivity index (χ1v) is 7.35. The van der Waals surface area contributed by atoms with Crippen molar-refractivity contribution in [2.24, 2.45) is 0 Å². The van der Waals surface area contributed by atoms with Crippen molar-refractivity contribution in [1.29, 1.82) is 0 Å². The average molecular weight is 333 g/mol. The number of nitro benzene ring substituents is 1. The van der Waals surface area contributed by atoms with Gasteiger partial charge in [0.25, 0.3) is 5.69 Å². The Hall–Kier alpha value is -1.80. The van der Waals surface area contributed by atoms with Gasteiger partial charge in [0, 0.05) is 24.5 Å². The van der Waals surface area contributed by atoms with Gasteiger partial charge in [-0.1, -0.05) is 17.7 Å². The second kappa shape index (κ2) is 7.84. The number of hydrogen-bond donors (Lipinski definition) is 2. The quantitative estimate of drug-likeness (QED) is 0.584. The highest BCUT2D eigenvalue weighted by Gasteiger charge is 2.20. The fraction of sp³-hybridized carbons (Fsp3) is 0.333. The van der Waals surface area contributed by atoms with Crippen LogP contribution in [0.3, 0.4) is 0 Å². The molecule has 9 heteroatoms. The van der Waals surface area contributed by atoms with Crippen molar-refractivity contribution < 1.29 is 19.6 Å². The van der Waals surface area contributed by atoms with Crippen molar-refractivity contribution in [2.45, 2.75) is 18.7 Å². The average Bonchev–Trinajstić information content (AvgIpc) is 2.38. The van der Waals surface area contributed by atoms with Crippen LogP contribution in [0.25, 0.3) is 0 Å². The number of halogens is 1. The molecular weight excluding hydrogens is 320 g/mol. The highest BCUT2D eigenvalue weighted by molar-refractivity contribution is 7.98. The molecule has 1 rings (SSSR count). The molecule has 0 aromatic heterocycles. The summed E-state index contributed by atoms with van der Waals surface area (Å²) in [5.41, 5.74) is 0.225. The van der Waals surface area contributed by atoms with E-state index in [2.05, 4.69) is 5.32 Å². The molecule has 1 atom stereocenters. The zero-order valence-corrected chi connectivity index (χ0v) is 12.6. The van der Waals surface area contributed by atoms with Crippen LogP contribution in [0.15, 0.2) is 18.2 Å². The fourth-order valence-corrected chi connectivity index (χ4v) is 2.96. The van der Waals surface area contributed by atoms with Crippen LogP contribution in [0, 0.1) is 10.1 Å². The number of carbonyl (C=O) groups is 2. The van der Waals surface area contributed by atoms with Crippen molar-refractivity contribution in [3.8, 4) is 0 Å². The normalized spacial score (nSPS) is 11.7. The van der Waals surface area contributed by atoms with Crippen molar-refractivity contribution >= 4 is 40.9 Å². The molecule has 1 aromatic carbocycles. The summed E-state index contributed by atoms with van der Waals surface area (Å²) in [5, 5.41) is 22.4. The zero-order valence-electron chi connectivity index (χ0n) is 11.0. The van der Waals surface area contributed by atoms with Gasteiger partial charge >= 0.3 is 5.97 Å². The summed E-state index contributed by atoms with van der Waals surface area (Å²) in [6, 6.07) is 3.30. The van der Waals surface area contributed by atoms with E-state index < -0.39 is 22.8 Å². The van der Waals surface area contributed by atoms with E-state index in [4.69, 9.17) is 16.7 Å². The van der Waals surface area contributed by atoms with Gasteiger partial charge in [-0.25, -0.2) is 4.79 Å². The van der Waals surface area contributed by atoms with Gasteiger partial charge in [0.15, 0.2) is 0 Å². The highest BCUT2D eigenvalue weighted by Crippen LogP contribution is 2.30. The van der Waals surface area contributed by atoms with Crippen LogP contribution in [0.2, 0.25) is 5.02 Å². The minimum Gasteiger partial charge on any atom is -0.480 e. The number of benzene rings is 1. The first-order chi connectivity index (χ1) is 9.82. The number of carboxylic acid groups (broad SMARTS) is 1. The molecule has 0 saturated carbocycles. The van der Waals surface area contributed by atoms with Crippen LogP contribution in [-0.4, -0.2) is 33.7 Å². The van der Waals surface area contributed by atoms with Crippen LogP contribution in [0.5, 0.6) is 0 Å². The van der Waals surface area contributed by atoms with Crippen LogP contribution in [0.1, 0.15) is 12.5 Å². The Morgan fingerprint density at radius 2 is 2.19 bits per heavy atom. The summed E-state index contributed by atoms with van der Waals surface area (Å²) < 4.78 is 0. The van der Waals surface area contributed by atoms with E-state index in [1.807, 2.05) is 0 Å². The minimum atomic E-state index is -1.16. The van der Waals surface area contributed by atoms with E-state index in [1.54, 1.807) is 0 Å². The van der Waals surface area contributed by atoms with Crippen LogP contribution in [0.4, 0.5) is 5.69 Å². The monoisotopic (exact) mass is 332 g/mol. The zero-order chi connectivity index (χ0) is 16.0. The van der Waals surface area contributed by atoms with Gasteiger partial charge in [0.1, 0.15) is 6.04 Å². The summed E-state index contributed by atoms with van der Waals surface area (Å²) in [7, 11) is 0. The molecule has 0 radical (unpaired) electrons. The summed E-state index contributed by atoms with van der Waals surface area (Å²) in [6.07, 6.45) is 0. The third-order valence-electron chi connectivity index (χ3n) is 2.50. The molecule has 0 heterocycles. The predicted octanol–water partition coefficient (Wildman–Crippen LogP) is 2.07. The molecule has 1 aromatic rings. The van der Waals surface area contributed by atoms with Crippen molar-refractivity contribution in [3.05, 3.63) is 38.9 Å². The molecule has 114 valence electrons. The maximum Gasteiger partial charge on any atom is 0.327 e. The number of thioether (sulfide) groups is 1. The lowest BCUT2D eigenvalue weighted by Gasteiger charge is -2.13. The number of aliphatic carboxylic acids is 1. The number of amides is 1. The molecule has 0 aliphatic rings. The van der Waals surface area contributed by atoms with E-state index in [9.17, 15) is 19.7 Å². The SMILES string of the molecule is CC(=O)NC(CSCc1c(Cl)cccc1[N+](=O)[O-])C(=O)O. The first-order valence-electron chi connectivity index (χ1n) is 5.82. The van der Waals surface area contributed by atoms with E-state index in [0.29, 0.717) is 5.56 Å². The molecule has 21 heavy (non-hydrogen) atoms. The Morgan fingerprint density at radius 3 is 2.71 bits per heavy atom. The Labute approximate surface area is 129 Å². The highest BCUT2D eigenvalue weighted by atomic mass is 35.5. The van der Waals surface area contributed by atoms with Gasteiger partial charge in [-0.15, -0.1) is 0 Å². The van der Waals surface area contributed by atoms with E-state index in [0.717, 1.165) is 11.8 Å². The van der Waals surface area contributed by atoms with Gasteiger partial charge in [-0.2, -0.15) is 11.8 Å². The third-order valence-corrected chi connectivity index (χ3v) is 3.91. The molecule has 1 unspecified atom stereocenters. The summed E-state index contributed by atoms with van der Waals surface area (Å²) >= 11 is 7.08. The second-order valence-corrected chi connectivity index (χ2v) is 5.54. The van der Waals surface area contributed by atoms with Crippen LogP contribution >= 0.6 is 23.4 Å². The van der Waals surface area contributed by atoms with E-state index in [1.165, 1.54) is 25.1 Å². The lowest BCUT2D eigenvalue weighted by molar-refractivity contribution is -0.385. The molecular formula is C12H13ClN2O5S. The molecule has 2 N–H and O–H groups in total. The van der Waals surface area contributed by atoms with Crippen molar-refractivity contribution in [1.82, 2.24) is 5.32 Å². The topological polar surface area (TPSA) is 110 Å². The van der Waals surface area contributed by atoms with Gasteiger partial charge in [-0.3, -0.25) is 14.9 Å². The Kier molecular flexibility index (Phi) is 6.44. The number of nitrogens with zero attached hydrogens (tertiary/aromatic N) is 1. The van der Waals surface area contributed by atoms with Gasteiger partial charge in [0.05, 0.1) is 15.5 Å². The largest absolute Gasteiger partial charge is 0.480 e. The number of nitro groups is 1. The summed E-state index contributed by atoms with van der Waals surface area (Å²) in [4.78, 5) is 32.2. The van der Waals surface area contributed by atoms with E-state index >= 15 is 0 Å². The Bertz CT molecular complexity index is 567. The van der Waals surface area contributed by atoms with Crippen molar-refractivity contribution in [2.75, 3.05) is 5.75 Å². The smallest absolute Gasteiger partial charge is 0.327 e. The van der Waals surface area contributed by atoms with Crippen molar-refractivity contribution in [3.63, 3.8) is 0 Å². The summed E-state index contributed by atoms with van der Waals surface area (Å²) in [5.74, 6) is -1.35. The molecule has 1 amide bonds. The molecule has 0 saturated heterocycles.